The number of rotatable bonds is 3. The lowest BCUT2D eigenvalue weighted by Crippen LogP contribution is -2.35. The van der Waals surface area contributed by atoms with Crippen LogP contribution in [-0.2, 0) is 12.8 Å². The van der Waals surface area contributed by atoms with Crippen LogP contribution in [0.4, 0.5) is 19.0 Å². The molecule has 2 rings (SSSR count). The number of aryl methyl sites for hydroxylation is 1. The monoisotopic (exact) mass is 261 g/mol. The van der Waals surface area contributed by atoms with Crippen molar-refractivity contribution in [2.75, 3.05) is 11.9 Å². The van der Waals surface area contributed by atoms with Crippen LogP contribution in [0.15, 0.2) is 6.33 Å². The van der Waals surface area contributed by atoms with Gasteiger partial charge in [0.15, 0.2) is 6.10 Å². The zero-order valence-electron chi connectivity index (χ0n) is 9.67. The SMILES string of the molecule is OC(CNc1ncnc2c1CCCC2)C(F)(F)F. The zero-order chi connectivity index (χ0) is 13.2. The van der Waals surface area contributed by atoms with Crippen LogP contribution >= 0.6 is 0 Å². The molecule has 1 aromatic rings. The zero-order valence-corrected chi connectivity index (χ0v) is 9.67. The number of hydrogen-bond acceptors (Lipinski definition) is 4. The number of aliphatic hydroxyl groups excluding tert-OH is 1. The molecule has 0 fully saturated rings. The summed E-state index contributed by atoms with van der Waals surface area (Å²) in [5.74, 6) is 0.406. The first-order valence-corrected chi connectivity index (χ1v) is 5.80. The molecule has 7 heteroatoms. The molecule has 1 aliphatic rings. The fraction of sp³-hybridized carbons (Fsp3) is 0.636. The molecule has 0 saturated heterocycles. The summed E-state index contributed by atoms with van der Waals surface area (Å²) in [6, 6.07) is 0. The van der Waals surface area contributed by atoms with Gasteiger partial charge in [-0.1, -0.05) is 0 Å². The summed E-state index contributed by atoms with van der Waals surface area (Å²) in [7, 11) is 0. The first-order chi connectivity index (χ1) is 8.48. The maximum atomic E-state index is 12.2. The molecular formula is C11H14F3N3O. The van der Waals surface area contributed by atoms with Crippen LogP contribution in [0.2, 0.25) is 0 Å². The Morgan fingerprint density at radius 2 is 2.00 bits per heavy atom. The van der Waals surface area contributed by atoms with Crippen LogP contribution < -0.4 is 5.32 Å². The van der Waals surface area contributed by atoms with Gasteiger partial charge in [-0.3, -0.25) is 0 Å². The molecule has 0 amide bonds. The average molecular weight is 261 g/mol. The molecule has 2 N–H and O–H groups in total. The van der Waals surface area contributed by atoms with E-state index in [-0.39, 0.29) is 0 Å². The van der Waals surface area contributed by atoms with Crippen molar-refractivity contribution in [3.63, 3.8) is 0 Å². The summed E-state index contributed by atoms with van der Waals surface area (Å²) in [6.45, 7) is -0.590. The van der Waals surface area contributed by atoms with Crippen molar-refractivity contribution < 1.29 is 18.3 Å². The summed E-state index contributed by atoms with van der Waals surface area (Å²) in [5.41, 5.74) is 1.76. The molecule has 0 radical (unpaired) electrons. The lowest BCUT2D eigenvalue weighted by molar-refractivity contribution is -0.198. The van der Waals surface area contributed by atoms with Crippen LogP contribution in [0.3, 0.4) is 0 Å². The molecule has 1 aromatic heterocycles. The van der Waals surface area contributed by atoms with Gasteiger partial charge in [-0.2, -0.15) is 13.2 Å². The van der Waals surface area contributed by atoms with E-state index in [1.54, 1.807) is 0 Å². The fourth-order valence-corrected chi connectivity index (χ4v) is 1.98. The molecule has 0 aliphatic heterocycles. The van der Waals surface area contributed by atoms with Crippen molar-refractivity contribution >= 4 is 5.82 Å². The Morgan fingerprint density at radius 1 is 1.28 bits per heavy atom. The number of hydrogen-bond donors (Lipinski definition) is 2. The molecule has 1 unspecified atom stereocenters. The largest absolute Gasteiger partial charge is 0.416 e. The van der Waals surface area contributed by atoms with Crippen LogP contribution in [-0.4, -0.2) is 33.9 Å². The normalized spacial score (nSPS) is 17.1. The Kier molecular flexibility index (Phi) is 3.70. The Hall–Kier alpha value is -1.37. The van der Waals surface area contributed by atoms with E-state index in [1.165, 1.54) is 6.33 Å². The molecule has 1 aliphatic carbocycles. The standard InChI is InChI=1S/C11H14F3N3O/c12-11(13,14)9(18)5-15-10-7-3-1-2-4-8(7)16-6-17-10/h6,9,18H,1-5H2,(H,15,16,17). The highest BCUT2D eigenvalue weighted by Gasteiger charge is 2.38. The Labute approximate surface area is 102 Å². The third kappa shape index (κ3) is 2.90. The van der Waals surface area contributed by atoms with E-state index in [9.17, 15) is 13.2 Å². The molecule has 1 heterocycles. The number of aliphatic hydroxyl groups is 1. The van der Waals surface area contributed by atoms with Crippen molar-refractivity contribution in [2.45, 2.75) is 38.0 Å². The number of halogens is 3. The highest BCUT2D eigenvalue weighted by atomic mass is 19.4. The van der Waals surface area contributed by atoms with Gasteiger partial charge in [-0.05, 0) is 25.7 Å². The summed E-state index contributed by atoms with van der Waals surface area (Å²) >= 11 is 0. The molecule has 4 nitrogen and oxygen atoms in total. The maximum absolute atomic E-state index is 12.2. The third-order valence-corrected chi connectivity index (χ3v) is 2.97. The van der Waals surface area contributed by atoms with E-state index in [0.717, 1.165) is 36.9 Å². The van der Waals surface area contributed by atoms with Gasteiger partial charge in [-0.15, -0.1) is 0 Å². The van der Waals surface area contributed by atoms with Gasteiger partial charge in [0.05, 0.1) is 6.54 Å². The molecule has 0 aromatic carbocycles. The second-order valence-corrected chi connectivity index (χ2v) is 4.29. The second kappa shape index (κ2) is 5.09. The molecule has 0 saturated carbocycles. The summed E-state index contributed by atoms with van der Waals surface area (Å²) in [6.07, 6.45) is -2.04. The van der Waals surface area contributed by atoms with E-state index in [0.29, 0.717) is 5.82 Å². The third-order valence-electron chi connectivity index (χ3n) is 2.97. The topological polar surface area (TPSA) is 58.0 Å². The minimum Gasteiger partial charge on any atom is -0.382 e. The lowest BCUT2D eigenvalue weighted by Gasteiger charge is -2.20. The number of fused-ring (bicyclic) bond motifs is 1. The van der Waals surface area contributed by atoms with Crippen molar-refractivity contribution in [3.05, 3.63) is 17.6 Å². The number of nitrogens with one attached hydrogen (secondary N) is 1. The van der Waals surface area contributed by atoms with Gasteiger partial charge in [0.1, 0.15) is 12.1 Å². The molecule has 0 spiro atoms. The number of aromatic nitrogens is 2. The van der Waals surface area contributed by atoms with Gasteiger partial charge in [0.25, 0.3) is 0 Å². The average Bonchev–Trinajstić information content (AvgIpc) is 2.34. The van der Waals surface area contributed by atoms with E-state index >= 15 is 0 Å². The minimum atomic E-state index is -4.61. The predicted octanol–water partition coefficient (Wildman–Crippen LogP) is 1.69. The van der Waals surface area contributed by atoms with Gasteiger partial charge < -0.3 is 10.4 Å². The molecule has 0 bridgehead atoms. The first-order valence-electron chi connectivity index (χ1n) is 5.80. The predicted molar refractivity (Wildman–Crippen MR) is 59.2 cm³/mol. The van der Waals surface area contributed by atoms with Gasteiger partial charge in [-0.25, -0.2) is 9.97 Å². The van der Waals surface area contributed by atoms with Crippen LogP contribution in [0, 0.1) is 0 Å². The lowest BCUT2D eigenvalue weighted by atomic mass is 9.96. The van der Waals surface area contributed by atoms with Gasteiger partial charge >= 0.3 is 6.18 Å². The molecule has 100 valence electrons. The first kappa shape index (κ1) is 13.1. The van der Waals surface area contributed by atoms with Gasteiger partial charge in [0.2, 0.25) is 0 Å². The van der Waals surface area contributed by atoms with Crippen molar-refractivity contribution in [1.29, 1.82) is 0 Å². The highest BCUT2D eigenvalue weighted by Crippen LogP contribution is 2.25. The number of anilines is 1. The summed E-state index contributed by atoms with van der Waals surface area (Å²) < 4.78 is 36.5. The van der Waals surface area contributed by atoms with Crippen LogP contribution in [0.5, 0.6) is 0 Å². The Balaban J connectivity index is 2.06. The molecule has 1 atom stereocenters. The number of alkyl halides is 3. The van der Waals surface area contributed by atoms with Crippen LogP contribution in [0.25, 0.3) is 0 Å². The number of nitrogens with zero attached hydrogens (tertiary/aromatic N) is 2. The molecule has 18 heavy (non-hydrogen) atoms. The highest BCUT2D eigenvalue weighted by molar-refractivity contribution is 5.47. The Bertz CT molecular complexity index is 422. The van der Waals surface area contributed by atoms with E-state index < -0.39 is 18.8 Å². The molecular weight excluding hydrogens is 247 g/mol. The fourth-order valence-electron chi connectivity index (χ4n) is 1.98. The second-order valence-electron chi connectivity index (χ2n) is 4.29. The maximum Gasteiger partial charge on any atom is 0.416 e. The summed E-state index contributed by atoms with van der Waals surface area (Å²) in [4.78, 5) is 8.07. The van der Waals surface area contributed by atoms with Gasteiger partial charge in [0, 0.05) is 11.3 Å². The Morgan fingerprint density at radius 3 is 2.72 bits per heavy atom. The van der Waals surface area contributed by atoms with E-state index in [4.69, 9.17) is 5.11 Å². The van der Waals surface area contributed by atoms with Crippen molar-refractivity contribution in [2.24, 2.45) is 0 Å². The summed E-state index contributed by atoms with van der Waals surface area (Å²) in [5, 5.41) is 11.5. The van der Waals surface area contributed by atoms with Crippen molar-refractivity contribution in [1.82, 2.24) is 9.97 Å². The quantitative estimate of drug-likeness (QED) is 0.869. The van der Waals surface area contributed by atoms with Crippen molar-refractivity contribution in [3.8, 4) is 0 Å². The van der Waals surface area contributed by atoms with E-state index in [2.05, 4.69) is 15.3 Å². The minimum absolute atomic E-state index is 0.406. The smallest absolute Gasteiger partial charge is 0.382 e. The van der Waals surface area contributed by atoms with E-state index in [1.807, 2.05) is 0 Å². The van der Waals surface area contributed by atoms with Crippen LogP contribution in [0.1, 0.15) is 24.1 Å².